The first kappa shape index (κ1) is 21.5. The second kappa shape index (κ2) is 9.10. The van der Waals surface area contributed by atoms with Crippen molar-refractivity contribution in [1.29, 1.82) is 0 Å². The molecule has 0 saturated carbocycles. The summed E-state index contributed by atoms with van der Waals surface area (Å²) in [5.41, 5.74) is -0.895. The molecule has 7 nitrogen and oxygen atoms in total. The van der Waals surface area contributed by atoms with E-state index in [2.05, 4.69) is 15.3 Å². The second-order valence-electron chi connectivity index (χ2n) is 6.96. The van der Waals surface area contributed by atoms with Crippen LogP contribution in [0.3, 0.4) is 0 Å². The number of piperidine rings is 1. The van der Waals surface area contributed by atoms with Gasteiger partial charge in [0.2, 0.25) is 5.95 Å². The first-order chi connectivity index (χ1) is 14.2. The van der Waals surface area contributed by atoms with Gasteiger partial charge in [-0.15, -0.1) is 0 Å². The molecule has 0 spiro atoms. The number of carbonyl (C=O) groups is 2. The molecule has 10 heteroatoms. The minimum Gasteiger partial charge on any atom is -0.452 e. The summed E-state index contributed by atoms with van der Waals surface area (Å²) in [5, 5.41) is 2.35. The zero-order valence-corrected chi connectivity index (χ0v) is 16.2. The molecule has 1 amide bonds. The van der Waals surface area contributed by atoms with Crippen molar-refractivity contribution in [1.82, 2.24) is 9.97 Å². The molecule has 1 unspecified atom stereocenters. The Hall–Kier alpha value is -3.17. The predicted molar refractivity (Wildman–Crippen MR) is 103 cm³/mol. The van der Waals surface area contributed by atoms with E-state index < -0.39 is 29.7 Å². The molecule has 3 rings (SSSR count). The van der Waals surface area contributed by atoms with Crippen molar-refractivity contribution in [2.24, 2.45) is 5.92 Å². The van der Waals surface area contributed by atoms with E-state index in [1.54, 1.807) is 18.5 Å². The number of aromatic nitrogens is 2. The zero-order chi connectivity index (χ0) is 21.7. The maximum Gasteiger partial charge on any atom is 0.416 e. The molecular weight excluding hydrogens is 401 g/mol. The number of hydrogen-bond donors (Lipinski definition) is 1. The standard InChI is InChI=1S/C20H21F3N4O3/c1-13(17(28)26-16-5-2-4-15(12-16)20(21,22)23)30-18(29)14-6-10-27(11-7-14)19-24-8-3-9-25-19/h2-5,8-9,12-14H,6-7,10-11H2,1H3,(H,26,28). The van der Waals surface area contributed by atoms with Crippen LogP contribution < -0.4 is 10.2 Å². The Kier molecular flexibility index (Phi) is 6.53. The van der Waals surface area contributed by atoms with Crippen LogP contribution in [0.5, 0.6) is 0 Å². The molecule has 30 heavy (non-hydrogen) atoms. The number of carbonyl (C=O) groups excluding carboxylic acids is 2. The summed E-state index contributed by atoms with van der Waals surface area (Å²) in [5.74, 6) is -0.972. The van der Waals surface area contributed by atoms with Crippen molar-refractivity contribution < 1.29 is 27.5 Å². The van der Waals surface area contributed by atoms with Gasteiger partial charge < -0.3 is 15.0 Å². The molecule has 1 atom stereocenters. The number of nitrogens with one attached hydrogen (secondary N) is 1. The van der Waals surface area contributed by atoms with Gasteiger partial charge in [0, 0.05) is 31.2 Å². The molecule has 0 aliphatic carbocycles. The Morgan fingerprint density at radius 1 is 1.17 bits per heavy atom. The third kappa shape index (κ3) is 5.46. The van der Waals surface area contributed by atoms with E-state index in [1.807, 2.05) is 4.90 Å². The Labute approximate surface area is 171 Å². The van der Waals surface area contributed by atoms with E-state index in [-0.39, 0.29) is 11.6 Å². The SMILES string of the molecule is CC(OC(=O)C1CCN(c2ncccn2)CC1)C(=O)Nc1cccc(C(F)(F)F)c1. The highest BCUT2D eigenvalue weighted by Gasteiger charge is 2.31. The third-order valence-electron chi connectivity index (χ3n) is 4.78. The fourth-order valence-electron chi connectivity index (χ4n) is 3.11. The molecule has 1 fully saturated rings. The van der Waals surface area contributed by atoms with Gasteiger partial charge in [0.25, 0.3) is 5.91 Å². The molecule has 2 heterocycles. The molecule has 0 radical (unpaired) electrons. The van der Waals surface area contributed by atoms with Crippen LogP contribution in [0.1, 0.15) is 25.3 Å². The summed E-state index contributed by atoms with van der Waals surface area (Å²) in [6.45, 7) is 2.54. The highest BCUT2D eigenvalue weighted by atomic mass is 19.4. The lowest BCUT2D eigenvalue weighted by Gasteiger charge is -2.31. The average Bonchev–Trinajstić information content (AvgIpc) is 2.74. The van der Waals surface area contributed by atoms with Crippen LogP contribution >= 0.6 is 0 Å². The summed E-state index contributed by atoms with van der Waals surface area (Å²) < 4.78 is 43.6. The number of alkyl halides is 3. The molecule has 2 aromatic rings. The number of rotatable bonds is 5. The molecule has 1 N–H and O–H groups in total. The Bertz CT molecular complexity index is 884. The van der Waals surface area contributed by atoms with Gasteiger partial charge >= 0.3 is 12.1 Å². The number of halogens is 3. The highest BCUT2D eigenvalue weighted by molar-refractivity contribution is 5.95. The van der Waals surface area contributed by atoms with E-state index in [1.165, 1.54) is 19.1 Å². The average molecular weight is 422 g/mol. The lowest BCUT2D eigenvalue weighted by molar-refractivity contribution is -0.158. The topological polar surface area (TPSA) is 84.4 Å². The van der Waals surface area contributed by atoms with Gasteiger partial charge in [0.15, 0.2) is 6.10 Å². The Morgan fingerprint density at radius 2 is 1.83 bits per heavy atom. The zero-order valence-electron chi connectivity index (χ0n) is 16.2. The molecule has 1 saturated heterocycles. The minimum absolute atomic E-state index is 0.0195. The minimum atomic E-state index is -4.52. The van der Waals surface area contributed by atoms with Gasteiger partial charge in [-0.2, -0.15) is 13.2 Å². The molecule has 160 valence electrons. The second-order valence-corrected chi connectivity index (χ2v) is 6.96. The van der Waals surface area contributed by atoms with Crippen LogP contribution in [-0.4, -0.2) is 41.0 Å². The molecule has 0 bridgehead atoms. The molecule has 1 aliphatic rings. The third-order valence-corrected chi connectivity index (χ3v) is 4.78. The highest BCUT2D eigenvalue weighted by Crippen LogP contribution is 2.30. The van der Waals surface area contributed by atoms with Crippen molar-refractivity contribution in [3.8, 4) is 0 Å². The predicted octanol–water partition coefficient (Wildman–Crippen LogP) is 3.28. The maximum atomic E-state index is 12.8. The first-order valence-electron chi connectivity index (χ1n) is 9.44. The monoisotopic (exact) mass is 422 g/mol. The number of anilines is 2. The van der Waals surface area contributed by atoms with Crippen LogP contribution in [0.25, 0.3) is 0 Å². The summed E-state index contributed by atoms with van der Waals surface area (Å²) in [7, 11) is 0. The molecular formula is C20H21F3N4O3. The van der Waals surface area contributed by atoms with Gasteiger partial charge in [-0.1, -0.05) is 6.07 Å². The van der Waals surface area contributed by atoms with Crippen molar-refractivity contribution >= 4 is 23.5 Å². The summed E-state index contributed by atoms with van der Waals surface area (Å²) in [6, 6.07) is 5.99. The van der Waals surface area contributed by atoms with Crippen LogP contribution in [0.4, 0.5) is 24.8 Å². The van der Waals surface area contributed by atoms with E-state index in [0.29, 0.717) is 31.9 Å². The van der Waals surface area contributed by atoms with Crippen LogP contribution in [0, 0.1) is 5.92 Å². The summed E-state index contributed by atoms with van der Waals surface area (Å²) in [4.78, 5) is 35.0. The lowest BCUT2D eigenvalue weighted by atomic mass is 9.97. The van der Waals surface area contributed by atoms with Gasteiger partial charge in [-0.05, 0) is 44.0 Å². The lowest BCUT2D eigenvalue weighted by Crippen LogP contribution is -2.39. The summed E-state index contributed by atoms with van der Waals surface area (Å²) >= 11 is 0. The number of hydrogen-bond acceptors (Lipinski definition) is 6. The van der Waals surface area contributed by atoms with Crippen LogP contribution in [0.2, 0.25) is 0 Å². The van der Waals surface area contributed by atoms with Crippen molar-refractivity contribution in [2.75, 3.05) is 23.3 Å². The number of nitrogens with zero attached hydrogens (tertiary/aromatic N) is 3. The molecule has 1 aromatic heterocycles. The van der Waals surface area contributed by atoms with E-state index >= 15 is 0 Å². The smallest absolute Gasteiger partial charge is 0.416 e. The molecule has 1 aromatic carbocycles. The quantitative estimate of drug-likeness (QED) is 0.745. The van der Waals surface area contributed by atoms with Crippen molar-refractivity contribution in [2.45, 2.75) is 32.0 Å². The number of benzene rings is 1. The van der Waals surface area contributed by atoms with Gasteiger partial charge in [0.1, 0.15) is 0 Å². The normalized spacial score (nSPS) is 16.1. The van der Waals surface area contributed by atoms with Gasteiger partial charge in [-0.25, -0.2) is 9.97 Å². The van der Waals surface area contributed by atoms with E-state index in [0.717, 1.165) is 12.1 Å². The summed E-state index contributed by atoms with van der Waals surface area (Å²) in [6.07, 6.45) is -1.31. The largest absolute Gasteiger partial charge is 0.452 e. The fraction of sp³-hybridized carbons (Fsp3) is 0.400. The van der Waals surface area contributed by atoms with E-state index in [4.69, 9.17) is 4.74 Å². The van der Waals surface area contributed by atoms with Crippen molar-refractivity contribution in [3.63, 3.8) is 0 Å². The van der Waals surface area contributed by atoms with Crippen LogP contribution in [-0.2, 0) is 20.5 Å². The van der Waals surface area contributed by atoms with Gasteiger partial charge in [-0.3, -0.25) is 9.59 Å². The number of esters is 1. The fourth-order valence-corrected chi connectivity index (χ4v) is 3.11. The maximum absolute atomic E-state index is 12.8. The van der Waals surface area contributed by atoms with Crippen molar-refractivity contribution in [3.05, 3.63) is 48.3 Å². The van der Waals surface area contributed by atoms with Gasteiger partial charge in [0.05, 0.1) is 11.5 Å². The number of amides is 1. The van der Waals surface area contributed by atoms with Crippen LogP contribution in [0.15, 0.2) is 42.7 Å². The Balaban J connectivity index is 1.50. The van der Waals surface area contributed by atoms with E-state index in [9.17, 15) is 22.8 Å². The molecule has 1 aliphatic heterocycles. The number of ether oxygens (including phenoxy) is 1. The first-order valence-corrected chi connectivity index (χ1v) is 9.44. The Morgan fingerprint density at radius 3 is 2.47 bits per heavy atom.